The van der Waals surface area contributed by atoms with Gasteiger partial charge in [-0.25, -0.2) is 4.68 Å². The van der Waals surface area contributed by atoms with Crippen LogP contribution in [0.25, 0.3) is 0 Å². The van der Waals surface area contributed by atoms with Crippen molar-refractivity contribution in [1.29, 1.82) is 0 Å². The van der Waals surface area contributed by atoms with Gasteiger partial charge in [-0.1, -0.05) is 0 Å². The minimum atomic E-state index is -0.136. The number of ether oxygens (including phenoxy) is 3. The molecule has 9 nitrogen and oxygen atoms in total. The fraction of sp³-hybridized carbons (Fsp3) is 0.529. The molecule has 4 rings (SSSR count). The van der Waals surface area contributed by atoms with E-state index in [0.29, 0.717) is 43.0 Å². The van der Waals surface area contributed by atoms with Crippen molar-refractivity contribution in [2.24, 2.45) is 0 Å². The third kappa shape index (κ3) is 3.42. The largest absolute Gasteiger partial charge is 0.480 e. The summed E-state index contributed by atoms with van der Waals surface area (Å²) < 4.78 is 18.3. The minimum absolute atomic E-state index is 0.0967. The maximum Gasteiger partial charge on any atom is 0.274 e. The topological polar surface area (TPSA) is 91.6 Å². The second-order valence-corrected chi connectivity index (χ2v) is 6.33. The van der Waals surface area contributed by atoms with Gasteiger partial charge in [0.1, 0.15) is 6.10 Å². The van der Waals surface area contributed by atoms with Gasteiger partial charge >= 0.3 is 0 Å². The smallest absolute Gasteiger partial charge is 0.274 e. The lowest BCUT2D eigenvalue weighted by molar-refractivity contribution is 0.0519. The predicted octanol–water partition coefficient (Wildman–Crippen LogP) is 1.15. The van der Waals surface area contributed by atoms with Crippen LogP contribution in [0.5, 0.6) is 17.6 Å². The average Bonchev–Trinajstić information content (AvgIpc) is 3.12. The number of carbonyl (C=O) groups excluding carboxylic acids is 1. The Balaban J connectivity index is 1.42. The first kappa shape index (κ1) is 16.6. The van der Waals surface area contributed by atoms with E-state index in [9.17, 15) is 4.79 Å². The van der Waals surface area contributed by atoms with Crippen LogP contribution in [0.2, 0.25) is 0 Å². The highest BCUT2D eigenvalue weighted by molar-refractivity contribution is 5.92. The number of carbonyl (C=O) groups is 1. The highest BCUT2D eigenvalue weighted by Gasteiger charge is 2.28. The number of rotatable bonds is 4. The van der Waals surface area contributed by atoms with Crippen LogP contribution in [-0.2, 0) is 6.54 Å². The number of amides is 1. The molecule has 0 unspecified atom stereocenters. The zero-order valence-electron chi connectivity index (χ0n) is 14.6. The van der Waals surface area contributed by atoms with Crippen molar-refractivity contribution in [2.75, 3.05) is 26.8 Å². The molecule has 9 heteroatoms. The maximum absolute atomic E-state index is 12.8. The summed E-state index contributed by atoms with van der Waals surface area (Å²) in [5.74, 6) is 1.36. The summed E-state index contributed by atoms with van der Waals surface area (Å²) in [6.45, 7) is 2.62. The standard InChI is InChI=1S/C17H21N5O4/c1-24-14-9-18-10-15(19-14)26-12-4-2-5-21(11-12)17(23)13-8-16-22(20-13)6-3-7-25-16/h8-10,12H,2-7,11H2,1H3/t12-/m0/s1. The Kier molecular flexibility index (Phi) is 4.59. The Labute approximate surface area is 150 Å². The Morgan fingerprint density at radius 1 is 1.27 bits per heavy atom. The van der Waals surface area contributed by atoms with Gasteiger partial charge in [-0.15, -0.1) is 0 Å². The van der Waals surface area contributed by atoms with E-state index in [1.54, 1.807) is 21.8 Å². The number of aromatic nitrogens is 4. The molecule has 0 saturated carbocycles. The Morgan fingerprint density at radius 3 is 3.00 bits per heavy atom. The number of hydrogen-bond acceptors (Lipinski definition) is 7. The van der Waals surface area contributed by atoms with Crippen LogP contribution in [0.15, 0.2) is 18.5 Å². The van der Waals surface area contributed by atoms with E-state index < -0.39 is 0 Å². The number of aryl methyl sites for hydroxylation is 1. The van der Waals surface area contributed by atoms with Gasteiger partial charge in [0.2, 0.25) is 17.6 Å². The van der Waals surface area contributed by atoms with Crippen LogP contribution in [0.3, 0.4) is 0 Å². The van der Waals surface area contributed by atoms with Crippen LogP contribution in [0.4, 0.5) is 0 Å². The van der Waals surface area contributed by atoms with Crippen LogP contribution >= 0.6 is 0 Å². The maximum atomic E-state index is 12.8. The van der Waals surface area contributed by atoms with Crippen molar-refractivity contribution < 1.29 is 19.0 Å². The third-order valence-corrected chi connectivity index (χ3v) is 4.48. The van der Waals surface area contributed by atoms with Gasteiger partial charge in [-0.3, -0.25) is 9.78 Å². The van der Waals surface area contributed by atoms with Crippen molar-refractivity contribution in [3.63, 3.8) is 0 Å². The van der Waals surface area contributed by atoms with E-state index >= 15 is 0 Å². The molecule has 26 heavy (non-hydrogen) atoms. The lowest BCUT2D eigenvalue weighted by atomic mass is 10.1. The van der Waals surface area contributed by atoms with Crippen LogP contribution < -0.4 is 14.2 Å². The number of likely N-dealkylation sites (tertiary alicyclic amines) is 1. The van der Waals surface area contributed by atoms with E-state index in [-0.39, 0.29) is 12.0 Å². The van der Waals surface area contributed by atoms with Crippen molar-refractivity contribution >= 4 is 5.91 Å². The van der Waals surface area contributed by atoms with E-state index in [1.807, 2.05) is 0 Å². The second-order valence-electron chi connectivity index (χ2n) is 6.33. The molecule has 4 heterocycles. The molecule has 1 saturated heterocycles. The summed E-state index contributed by atoms with van der Waals surface area (Å²) in [7, 11) is 1.53. The average molecular weight is 359 g/mol. The number of piperidine rings is 1. The molecule has 2 aromatic heterocycles. The van der Waals surface area contributed by atoms with E-state index in [1.165, 1.54) is 13.3 Å². The van der Waals surface area contributed by atoms with Crippen molar-refractivity contribution in [2.45, 2.75) is 31.9 Å². The molecular formula is C17H21N5O4. The Hall–Kier alpha value is -2.84. The molecule has 0 radical (unpaired) electrons. The van der Waals surface area contributed by atoms with E-state index in [4.69, 9.17) is 14.2 Å². The minimum Gasteiger partial charge on any atom is -0.480 e. The van der Waals surface area contributed by atoms with Crippen LogP contribution in [0, 0.1) is 0 Å². The molecule has 1 fully saturated rings. The quantitative estimate of drug-likeness (QED) is 0.808. The molecular weight excluding hydrogens is 338 g/mol. The van der Waals surface area contributed by atoms with Crippen molar-refractivity contribution in [3.8, 4) is 17.6 Å². The Morgan fingerprint density at radius 2 is 2.15 bits per heavy atom. The van der Waals surface area contributed by atoms with Gasteiger partial charge in [0, 0.05) is 25.6 Å². The summed E-state index contributed by atoms with van der Waals surface area (Å²) in [6.07, 6.45) is 5.55. The first-order valence-electron chi connectivity index (χ1n) is 8.75. The molecule has 138 valence electrons. The summed E-state index contributed by atoms with van der Waals surface area (Å²) >= 11 is 0. The summed E-state index contributed by atoms with van der Waals surface area (Å²) in [6, 6.07) is 1.72. The molecule has 2 aliphatic rings. The summed E-state index contributed by atoms with van der Waals surface area (Å²) in [5, 5.41) is 4.38. The van der Waals surface area contributed by atoms with Crippen LogP contribution in [0.1, 0.15) is 29.8 Å². The SMILES string of the molecule is COc1cncc(O[C@H]2CCCN(C(=O)c3cc4n(n3)CCCO4)C2)n1. The zero-order chi connectivity index (χ0) is 17.9. The fourth-order valence-corrected chi connectivity index (χ4v) is 3.21. The highest BCUT2D eigenvalue weighted by Crippen LogP contribution is 2.22. The molecule has 0 aliphatic carbocycles. The van der Waals surface area contributed by atoms with Gasteiger partial charge in [-0.2, -0.15) is 10.1 Å². The molecule has 2 aromatic rings. The highest BCUT2D eigenvalue weighted by atomic mass is 16.5. The normalized spacial score (nSPS) is 19.4. The van der Waals surface area contributed by atoms with Gasteiger partial charge in [0.25, 0.3) is 5.91 Å². The summed E-state index contributed by atoms with van der Waals surface area (Å²) in [5.41, 5.74) is 0.420. The number of hydrogen-bond donors (Lipinski definition) is 0. The van der Waals surface area contributed by atoms with Gasteiger partial charge in [0.05, 0.1) is 32.7 Å². The predicted molar refractivity (Wildman–Crippen MR) is 90.5 cm³/mol. The molecule has 0 N–H and O–H groups in total. The lowest BCUT2D eigenvalue weighted by Crippen LogP contribution is -2.44. The number of nitrogens with zero attached hydrogens (tertiary/aromatic N) is 5. The second kappa shape index (κ2) is 7.19. The molecule has 1 amide bonds. The molecule has 0 spiro atoms. The molecule has 0 bridgehead atoms. The third-order valence-electron chi connectivity index (χ3n) is 4.48. The monoisotopic (exact) mass is 359 g/mol. The first-order valence-corrected chi connectivity index (χ1v) is 8.75. The van der Waals surface area contributed by atoms with E-state index in [0.717, 1.165) is 25.8 Å². The van der Waals surface area contributed by atoms with Crippen molar-refractivity contribution in [3.05, 3.63) is 24.2 Å². The lowest BCUT2D eigenvalue weighted by Gasteiger charge is -2.32. The van der Waals surface area contributed by atoms with Gasteiger partial charge in [-0.05, 0) is 12.8 Å². The number of methoxy groups -OCH3 is 1. The molecule has 1 atom stereocenters. The van der Waals surface area contributed by atoms with Gasteiger partial charge < -0.3 is 19.1 Å². The molecule has 0 aromatic carbocycles. The Bertz CT molecular complexity index is 770. The van der Waals surface area contributed by atoms with Crippen molar-refractivity contribution in [1.82, 2.24) is 24.6 Å². The number of fused-ring (bicyclic) bond motifs is 1. The van der Waals surface area contributed by atoms with Gasteiger partial charge in [0.15, 0.2) is 5.69 Å². The summed E-state index contributed by atoms with van der Waals surface area (Å²) in [4.78, 5) is 22.8. The van der Waals surface area contributed by atoms with Crippen LogP contribution in [-0.4, -0.2) is 63.5 Å². The zero-order valence-corrected chi connectivity index (χ0v) is 14.6. The van der Waals surface area contributed by atoms with E-state index in [2.05, 4.69) is 15.1 Å². The first-order chi connectivity index (χ1) is 12.7. The molecule has 2 aliphatic heterocycles. The fourth-order valence-electron chi connectivity index (χ4n) is 3.21.